The van der Waals surface area contributed by atoms with E-state index in [1.54, 1.807) is 0 Å². The van der Waals surface area contributed by atoms with E-state index in [0.717, 1.165) is 30.0 Å². The number of aromatic nitrogens is 2. The number of rotatable bonds is 2. The van der Waals surface area contributed by atoms with E-state index in [0.29, 0.717) is 0 Å². The first kappa shape index (κ1) is 10.8. The van der Waals surface area contributed by atoms with Crippen LogP contribution in [0.5, 0.6) is 0 Å². The van der Waals surface area contributed by atoms with Gasteiger partial charge in [0.25, 0.3) is 0 Å². The largest absolute Gasteiger partial charge is 0.268 e. The van der Waals surface area contributed by atoms with Gasteiger partial charge in [-0.3, -0.25) is 4.68 Å². The highest BCUT2D eigenvalue weighted by atomic mass is 79.9. The molecule has 0 aliphatic heterocycles. The van der Waals surface area contributed by atoms with Gasteiger partial charge in [-0.05, 0) is 66.8 Å². The first-order valence-corrected chi connectivity index (χ1v) is 7.14. The molecule has 2 saturated carbocycles. The molecule has 3 atom stereocenters. The van der Waals surface area contributed by atoms with Gasteiger partial charge in [-0.25, -0.2) is 0 Å². The number of hydrogen-bond donors (Lipinski definition) is 0. The van der Waals surface area contributed by atoms with Crippen LogP contribution in [-0.4, -0.2) is 9.78 Å². The molecule has 2 bridgehead atoms. The molecule has 16 heavy (non-hydrogen) atoms. The number of hydrogen-bond acceptors (Lipinski definition) is 1. The quantitative estimate of drug-likeness (QED) is 0.809. The van der Waals surface area contributed by atoms with Crippen LogP contribution in [0.25, 0.3) is 0 Å². The van der Waals surface area contributed by atoms with Crippen LogP contribution in [0.2, 0.25) is 0 Å². The molecule has 0 amide bonds. The molecule has 0 radical (unpaired) electrons. The topological polar surface area (TPSA) is 17.8 Å². The van der Waals surface area contributed by atoms with Gasteiger partial charge in [0.15, 0.2) is 0 Å². The summed E-state index contributed by atoms with van der Waals surface area (Å²) in [6.45, 7) is 5.38. The summed E-state index contributed by atoms with van der Waals surface area (Å²) in [5.41, 5.74) is 2.42. The van der Waals surface area contributed by atoms with E-state index in [-0.39, 0.29) is 0 Å². The van der Waals surface area contributed by atoms with Gasteiger partial charge in [0.1, 0.15) is 0 Å². The summed E-state index contributed by atoms with van der Waals surface area (Å²) in [4.78, 5) is 0. The molecule has 3 rings (SSSR count). The van der Waals surface area contributed by atoms with Crippen molar-refractivity contribution in [3.63, 3.8) is 0 Å². The lowest BCUT2D eigenvalue weighted by molar-refractivity contribution is 0.283. The van der Waals surface area contributed by atoms with Crippen molar-refractivity contribution >= 4 is 15.9 Å². The molecular formula is C13H19BrN2. The van der Waals surface area contributed by atoms with E-state index in [1.165, 1.54) is 35.8 Å². The second kappa shape index (κ2) is 3.86. The predicted molar refractivity (Wildman–Crippen MR) is 68.3 cm³/mol. The van der Waals surface area contributed by atoms with Gasteiger partial charge in [-0.1, -0.05) is 6.42 Å². The fourth-order valence-electron chi connectivity index (χ4n) is 3.68. The average Bonchev–Trinajstić information content (AvgIpc) is 2.92. The van der Waals surface area contributed by atoms with Crippen LogP contribution in [0.15, 0.2) is 4.47 Å². The smallest absolute Gasteiger partial charge is 0.0738 e. The van der Waals surface area contributed by atoms with Crippen LogP contribution < -0.4 is 0 Å². The van der Waals surface area contributed by atoms with Gasteiger partial charge in [0.2, 0.25) is 0 Å². The van der Waals surface area contributed by atoms with Gasteiger partial charge < -0.3 is 0 Å². The number of halogens is 1. The van der Waals surface area contributed by atoms with Gasteiger partial charge in [0, 0.05) is 12.2 Å². The van der Waals surface area contributed by atoms with Crippen LogP contribution >= 0.6 is 15.9 Å². The fourth-order valence-corrected chi connectivity index (χ4v) is 3.96. The SMILES string of the molecule is Cc1nn(CC2CC3CCC2C3)c(C)c1Br. The Balaban J connectivity index is 1.77. The average molecular weight is 283 g/mol. The molecule has 1 aromatic rings. The summed E-state index contributed by atoms with van der Waals surface area (Å²) in [6.07, 6.45) is 5.89. The van der Waals surface area contributed by atoms with Crippen molar-refractivity contribution in [1.29, 1.82) is 0 Å². The van der Waals surface area contributed by atoms with Crippen molar-refractivity contribution in [2.24, 2.45) is 17.8 Å². The Morgan fingerprint density at radius 1 is 1.31 bits per heavy atom. The van der Waals surface area contributed by atoms with Crippen LogP contribution in [0.4, 0.5) is 0 Å². The van der Waals surface area contributed by atoms with Crippen LogP contribution in [0.3, 0.4) is 0 Å². The lowest BCUT2D eigenvalue weighted by Crippen LogP contribution is -2.18. The maximum atomic E-state index is 4.63. The third kappa shape index (κ3) is 1.64. The first-order chi connectivity index (χ1) is 7.65. The lowest BCUT2D eigenvalue weighted by atomic mass is 9.89. The molecule has 2 fully saturated rings. The molecule has 0 N–H and O–H groups in total. The summed E-state index contributed by atoms with van der Waals surface area (Å²) in [5, 5.41) is 4.63. The van der Waals surface area contributed by atoms with Crippen molar-refractivity contribution in [3.8, 4) is 0 Å². The minimum atomic E-state index is 0.892. The maximum Gasteiger partial charge on any atom is 0.0738 e. The van der Waals surface area contributed by atoms with Crippen molar-refractivity contribution in [2.45, 2.75) is 46.1 Å². The molecule has 0 saturated heterocycles. The molecule has 2 aliphatic carbocycles. The normalized spacial score (nSPS) is 32.6. The number of nitrogens with zero attached hydrogens (tertiary/aromatic N) is 2. The van der Waals surface area contributed by atoms with E-state index >= 15 is 0 Å². The standard InChI is InChI=1S/C13H19BrN2/c1-8-13(14)9(2)16(15-8)7-12-6-10-3-4-11(12)5-10/h10-12H,3-7H2,1-2H3. The molecule has 0 spiro atoms. The fraction of sp³-hybridized carbons (Fsp3) is 0.769. The van der Waals surface area contributed by atoms with Crippen LogP contribution in [-0.2, 0) is 6.54 Å². The zero-order valence-electron chi connectivity index (χ0n) is 10.0. The van der Waals surface area contributed by atoms with Gasteiger partial charge >= 0.3 is 0 Å². The highest BCUT2D eigenvalue weighted by Crippen LogP contribution is 2.48. The lowest BCUT2D eigenvalue weighted by Gasteiger charge is -2.22. The van der Waals surface area contributed by atoms with Crippen LogP contribution in [0.1, 0.15) is 37.1 Å². The molecule has 1 aromatic heterocycles. The molecule has 2 aliphatic rings. The summed E-state index contributed by atoms with van der Waals surface area (Å²) in [7, 11) is 0. The zero-order valence-corrected chi connectivity index (χ0v) is 11.6. The second-order valence-electron chi connectivity index (χ2n) is 5.60. The van der Waals surface area contributed by atoms with Crippen LogP contribution in [0, 0.1) is 31.6 Å². The number of fused-ring (bicyclic) bond motifs is 2. The Bertz CT molecular complexity index is 410. The number of aryl methyl sites for hydroxylation is 1. The van der Waals surface area contributed by atoms with E-state index in [2.05, 4.69) is 39.6 Å². The highest BCUT2D eigenvalue weighted by Gasteiger charge is 2.39. The summed E-state index contributed by atoms with van der Waals surface area (Å²) in [5.74, 6) is 2.92. The van der Waals surface area contributed by atoms with Crippen molar-refractivity contribution in [2.75, 3.05) is 0 Å². The molecule has 3 heteroatoms. The second-order valence-corrected chi connectivity index (χ2v) is 6.39. The van der Waals surface area contributed by atoms with Crippen molar-refractivity contribution in [3.05, 3.63) is 15.9 Å². The molecule has 3 unspecified atom stereocenters. The van der Waals surface area contributed by atoms with E-state index in [1.807, 2.05) is 0 Å². The van der Waals surface area contributed by atoms with E-state index in [9.17, 15) is 0 Å². The molecule has 88 valence electrons. The van der Waals surface area contributed by atoms with E-state index in [4.69, 9.17) is 0 Å². The zero-order chi connectivity index (χ0) is 11.3. The maximum absolute atomic E-state index is 4.63. The summed E-state index contributed by atoms with van der Waals surface area (Å²) in [6, 6.07) is 0. The Labute approximate surface area is 106 Å². The molecule has 2 nitrogen and oxygen atoms in total. The third-order valence-electron chi connectivity index (χ3n) is 4.59. The summed E-state index contributed by atoms with van der Waals surface area (Å²) < 4.78 is 3.40. The van der Waals surface area contributed by atoms with E-state index < -0.39 is 0 Å². The Kier molecular flexibility index (Phi) is 2.61. The van der Waals surface area contributed by atoms with Gasteiger partial charge in [0.05, 0.1) is 10.2 Å². The molecule has 0 aromatic carbocycles. The predicted octanol–water partition coefficient (Wildman–Crippen LogP) is 3.70. The summed E-state index contributed by atoms with van der Waals surface area (Å²) >= 11 is 3.61. The van der Waals surface area contributed by atoms with Gasteiger partial charge in [-0.2, -0.15) is 5.10 Å². The Hall–Kier alpha value is -0.310. The Morgan fingerprint density at radius 2 is 2.12 bits per heavy atom. The Morgan fingerprint density at radius 3 is 2.62 bits per heavy atom. The molecule has 1 heterocycles. The minimum absolute atomic E-state index is 0.892. The minimum Gasteiger partial charge on any atom is -0.268 e. The monoisotopic (exact) mass is 282 g/mol. The van der Waals surface area contributed by atoms with Crippen molar-refractivity contribution < 1.29 is 0 Å². The highest BCUT2D eigenvalue weighted by molar-refractivity contribution is 9.10. The first-order valence-electron chi connectivity index (χ1n) is 6.34. The third-order valence-corrected chi connectivity index (χ3v) is 5.73. The van der Waals surface area contributed by atoms with Gasteiger partial charge in [-0.15, -0.1) is 0 Å². The van der Waals surface area contributed by atoms with Crippen molar-refractivity contribution in [1.82, 2.24) is 9.78 Å². The molecular weight excluding hydrogens is 264 g/mol.